The number of nitrogens with one attached hydrogen (secondary N) is 1. The van der Waals surface area contributed by atoms with E-state index >= 15 is 0 Å². The highest BCUT2D eigenvalue weighted by molar-refractivity contribution is 7.18. The van der Waals surface area contributed by atoms with E-state index in [0.717, 1.165) is 16.0 Å². The van der Waals surface area contributed by atoms with Gasteiger partial charge in [0.25, 0.3) is 12.3 Å². The molecule has 11 heteroatoms. The van der Waals surface area contributed by atoms with Crippen molar-refractivity contribution in [3.63, 3.8) is 0 Å². The molecular formula is C17H18ClF2N5O2S. The average Bonchev–Trinajstić information content (AvgIpc) is 3.10. The zero-order valence-electron chi connectivity index (χ0n) is 15.8. The van der Waals surface area contributed by atoms with E-state index in [9.17, 15) is 23.6 Å². The Bertz CT molecular complexity index is 977. The van der Waals surface area contributed by atoms with E-state index < -0.39 is 24.1 Å². The lowest BCUT2D eigenvalue weighted by atomic mass is 10.1. The van der Waals surface area contributed by atoms with Gasteiger partial charge in [-0.15, -0.1) is 11.3 Å². The van der Waals surface area contributed by atoms with E-state index in [2.05, 4.69) is 10.4 Å². The van der Waals surface area contributed by atoms with E-state index in [1.54, 1.807) is 21.0 Å². The molecule has 1 atom stereocenters. The van der Waals surface area contributed by atoms with Gasteiger partial charge in [0.15, 0.2) is 0 Å². The van der Waals surface area contributed by atoms with Crippen LogP contribution in [0.4, 0.5) is 13.8 Å². The Labute approximate surface area is 169 Å². The van der Waals surface area contributed by atoms with Gasteiger partial charge in [-0.3, -0.25) is 14.3 Å². The number of rotatable bonds is 5. The van der Waals surface area contributed by atoms with Gasteiger partial charge in [-0.25, -0.2) is 8.78 Å². The molecule has 0 saturated heterocycles. The zero-order valence-corrected chi connectivity index (χ0v) is 17.4. The summed E-state index contributed by atoms with van der Waals surface area (Å²) in [5.74, 6) is -0.867. The number of nitriles is 1. The SMILES string of the molecule is Cc1c(C(=O)N(C)C)sc(NC(=O)C(C)n2nc(C(F)F)c(Cl)c2C)c1C#N. The van der Waals surface area contributed by atoms with Crippen LogP contribution in [0, 0.1) is 25.2 Å². The maximum absolute atomic E-state index is 13.0. The van der Waals surface area contributed by atoms with Crippen molar-refractivity contribution in [2.75, 3.05) is 19.4 Å². The normalized spacial score (nSPS) is 12.0. The molecule has 0 saturated carbocycles. The highest BCUT2D eigenvalue weighted by Crippen LogP contribution is 2.34. The van der Waals surface area contributed by atoms with E-state index in [1.807, 2.05) is 6.07 Å². The average molecular weight is 430 g/mol. The quantitative estimate of drug-likeness (QED) is 0.779. The number of amides is 2. The standard InChI is InChI=1S/C17H18ClF2N5O2S/c1-7-10(6-21)16(28-13(7)17(27)24(4)5)22-15(26)9(3)25-8(2)11(18)12(23-25)14(19)20/h9,14H,1-5H3,(H,22,26). The van der Waals surface area contributed by atoms with Crippen LogP contribution >= 0.6 is 22.9 Å². The van der Waals surface area contributed by atoms with Gasteiger partial charge in [-0.05, 0) is 26.3 Å². The number of carbonyl (C=O) groups is 2. The molecule has 2 aromatic rings. The van der Waals surface area contributed by atoms with Crippen molar-refractivity contribution >= 4 is 39.8 Å². The number of carbonyl (C=O) groups excluding carboxylic acids is 2. The topological polar surface area (TPSA) is 91.0 Å². The third-order valence-corrected chi connectivity index (χ3v) is 5.81. The maximum Gasteiger partial charge on any atom is 0.283 e. The molecule has 2 rings (SSSR count). The second-order valence-electron chi connectivity index (χ2n) is 6.27. The van der Waals surface area contributed by atoms with Gasteiger partial charge in [-0.2, -0.15) is 10.4 Å². The summed E-state index contributed by atoms with van der Waals surface area (Å²) in [6.45, 7) is 4.57. The smallest absolute Gasteiger partial charge is 0.283 e. The molecule has 28 heavy (non-hydrogen) atoms. The second-order valence-corrected chi connectivity index (χ2v) is 7.67. The minimum Gasteiger partial charge on any atom is -0.344 e. The van der Waals surface area contributed by atoms with Gasteiger partial charge < -0.3 is 10.2 Å². The summed E-state index contributed by atoms with van der Waals surface area (Å²) < 4.78 is 27.1. The molecule has 0 aliphatic rings. The van der Waals surface area contributed by atoms with Crippen molar-refractivity contribution in [2.45, 2.75) is 33.2 Å². The summed E-state index contributed by atoms with van der Waals surface area (Å²) in [6.07, 6.45) is -2.87. The van der Waals surface area contributed by atoms with Crippen molar-refractivity contribution in [3.8, 4) is 6.07 Å². The van der Waals surface area contributed by atoms with Crippen molar-refractivity contribution in [2.24, 2.45) is 0 Å². The Kier molecular flexibility index (Phi) is 6.41. The van der Waals surface area contributed by atoms with Crippen LogP contribution in [0.1, 0.15) is 51.6 Å². The van der Waals surface area contributed by atoms with Crippen LogP contribution < -0.4 is 5.32 Å². The summed E-state index contributed by atoms with van der Waals surface area (Å²) in [5.41, 5.74) is 0.278. The van der Waals surface area contributed by atoms with E-state index in [4.69, 9.17) is 11.6 Å². The van der Waals surface area contributed by atoms with E-state index in [0.29, 0.717) is 10.4 Å². The Morgan fingerprint density at radius 1 is 1.36 bits per heavy atom. The fraction of sp³-hybridized carbons (Fsp3) is 0.412. The minimum atomic E-state index is -2.87. The van der Waals surface area contributed by atoms with Gasteiger partial charge in [0.05, 0.1) is 21.2 Å². The largest absolute Gasteiger partial charge is 0.344 e. The first-order valence-corrected chi connectivity index (χ1v) is 9.29. The van der Waals surface area contributed by atoms with Crippen LogP contribution in [0.25, 0.3) is 0 Å². The minimum absolute atomic E-state index is 0.180. The fourth-order valence-corrected chi connectivity index (χ4v) is 3.90. The summed E-state index contributed by atoms with van der Waals surface area (Å²) in [5, 5.41) is 15.8. The number of anilines is 1. The first-order chi connectivity index (χ1) is 13.0. The second kappa shape index (κ2) is 8.24. The maximum atomic E-state index is 13.0. The summed E-state index contributed by atoms with van der Waals surface area (Å²) in [4.78, 5) is 26.6. The van der Waals surface area contributed by atoms with Crippen molar-refractivity contribution < 1.29 is 18.4 Å². The van der Waals surface area contributed by atoms with Crippen LogP contribution in [0.3, 0.4) is 0 Å². The predicted molar refractivity (Wildman–Crippen MR) is 102 cm³/mol. The third kappa shape index (κ3) is 3.86. The molecule has 2 heterocycles. The van der Waals surface area contributed by atoms with Crippen molar-refractivity contribution in [1.82, 2.24) is 14.7 Å². The molecule has 1 unspecified atom stereocenters. The van der Waals surface area contributed by atoms with Gasteiger partial charge >= 0.3 is 0 Å². The molecule has 7 nitrogen and oxygen atoms in total. The Hall–Kier alpha value is -2.51. The molecule has 1 N–H and O–H groups in total. The Balaban J connectivity index is 2.35. The van der Waals surface area contributed by atoms with Gasteiger partial charge in [0.2, 0.25) is 5.91 Å². The number of alkyl halides is 2. The van der Waals surface area contributed by atoms with E-state index in [-0.39, 0.29) is 27.2 Å². The molecule has 0 radical (unpaired) electrons. The van der Waals surface area contributed by atoms with Crippen LogP contribution in [-0.4, -0.2) is 40.6 Å². The number of hydrogen-bond acceptors (Lipinski definition) is 5. The molecule has 2 amide bonds. The van der Waals surface area contributed by atoms with Crippen molar-refractivity contribution in [1.29, 1.82) is 5.26 Å². The van der Waals surface area contributed by atoms with E-state index in [1.165, 1.54) is 18.7 Å². The highest BCUT2D eigenvalue weighted by Gasteiger charge is 2.28. The lowest BCUT2D eigenvalue weighted by Gasteiger charge is -2.14. The molecule has 0 bridgehead atoms. The van der Waals surface area contributed by atoms with Crippen LogP contribution in [0.15, 0.2) is 0 Å². The highest BCUT2D eigenvalue weighted by atomic mass is 35.5. The molecule has 0 fully saturated rings. The lowest BCUT2D eigenvalue weighted by Crippen LogP contribution is -2.25. The monoisotopic (exact) mass is 429 g/mol. The number of thiophene rings is 1. The first-order valence-electron chi connectivity index (χ1n) is 8.09. The third-order valence-electron chi connectivity index (χ3n) is 4.15. The number of nitrogens with zero attached hydrogens (tertiary/aromatic N) is 4. The van der Waals surface area contributed by atoms with Crippen LogP contribution in [0.2, 0.25) is 5.02 Å². The van der Waals surface area contributed by atoms with Gasteiger partial charge in [0.1, 0.15) is 22.8 Å². The van der Waals surface area contributed by atoms with Gasteiger partial charge in [0, 0.05) is 14.1 Å². The number of halogens is 3. The molecule has 0 spiro atoms. The van der Waals surface area contributed by atoms with Crippen molar-refractivity contribution in [3.05, 3.63) is 32.4 Å². The summed E-state index contributed by atoms with van der Waals surface area (Å²) >= 11 is 6.86. The molecule has 0 aromatic carbocycles. The summed E-state index contributed by atoms with van der Waals surface area (Å²) in [6, 6.07) is 1.02. The first kappa shape index (κ1) is 21.8. The Morgan fingerprint density at radius 3 is 2.43 bits per heavy atom. The molecular weight excluding hydrogens is 412 g/mol. The molecule has 2 aromatic heterocycles. The molecule has 0 aliphatic heterocycles. The Morgan fingerprint density at radius 2 is 1.96 bits per heavy atom. The number of aromatic nitrogens is 2. The fourth-order valence-electron chi connectivity index (χ4n) is 2.51. The number of hydrogen-bond donors (Lipinski definition) is 1. The van der Waals surface area contributed by atoms with Crippen LogP contribution in [-0.2, 0) is 4.79 Å². The molecule has 150 valence electrons. The van der Waals surface area contributed by atoms with Crippen LogP contribution in [0.5, 0.6) is 0 Å². The zero-order chi connectivity index (χ0) is 21.3. The summed E-state index contributed by atoms with van der Waals surface area (Å²) in [7, 11) is 3.16. The lowest BCUT2D eigenvalue weighted by molar-refractivity contribution is -0.119. The predicted octanol–water partition coefficient (Wildman–Crippen LogP) is 3.93. The molecule has 0 aliphatic carbocycles. The van der Waals surface area contributed by atoms with Gasteiger partial charge in [-0.1, -0.05) is 11.6 Å².